The Kier molecular flexibility index (Phi) is 8.31. The number of aromatic nitrogens is 7. The zero-order valence-corrected chi connectivity index (χ0v) is 33.1. The first kappa shape index (κ1) is 35.3. The van der Waals surface area contributed by atoms with E-state index in [1.807, 2.05) is 140 Å². The molecule has 4 heterocycles. The number of fused-ring (bicyclic) bond motifs is 7. The Bertz CT molecular complexity index is 3510. The highest BCUT2D eigenvalue weighted by Gasteiger charge is 2.25. The number of benzene rings is 8. The van der Waals surface area contributed by atoms with Gasteiger partial charge >= 0.3 is 0 Å². The van der Waals surface area contributed by atoms with E-state index in [2.05, 4.69) is 65.2 Å². The van der Waals surface area contributed by atoms with E-state index in [0.29, 0.717) is 34.9 Å². The van der Waals surface area contributed by atoms with Crippen LogP contribution in [-0.4, -0.2) is 34.5 Å². The van der Waals surface area contributed by atoms with Gasteiger partial charge in [0.2, 0.25) is 0 Å². The first-order valence-corrected chi connectivity index (χ1v) is 20.5. The summed E-state index contributed by atoms with van der Waals surface area (Å²) in [7, 11) is 0. The molecule has 12 rings (SSSR count). The number of hydrogen-bond acceptors (Lipinski definition) is 7. The standard InChI is InChI=1S/C54H33N7O/c1-5-18-34(19-6-1)49-55-50(35-20-7-2-8-21-35)58-53(57-49)38-26-17-27-39(32-38)61-44-30-15-13-29-41(44)46-43(33-42-40-28-14-16-31-45(40)62-48(42)47(46)61)54-59-51(36-22-9-3-10-23-36)56-52(60-54)37-24-11-4-12-25-37/h1-33H. The number of para-hydroxylation sites is 2. The Morgan fingerprint density at radius 3 is 1.32 bits per heavy atom. The molecule has 0 saturated heterocycles. The van der Waals surface area contributed by atoms with Crippen LogP contribution in [0.15, 0.2) is 205 Å². The van der Waals surface area contributed by atoms with Crippen molar-refractivity contribution in [2.45, 2.75) is 0 Å². The highest BCUT2D eigenvalue weighted by atomic mass is 16.3. The summed E-state index contributed by atoms with van der Waals surface area (Å²) in [6.45, 7) is 0. The summed E-state index contributed by atoms with van der Waals surface area (Å²) in [6, 6.07) is 67.5. The van der Waals surface area contributed by atoms with Crippen molar-refractivity contribution in [3.63, 3.8) is 0 Å². The molecule has 8 heteroatoms. The van der Waals surface area contributed by atoms with Crippen LogP contribution in [0.25, 0.3) is 118 Å². The molecule has 62 heavy (non-hydrogen) atoms. The van der Waals surface area contributed by atoms with Gasteiger partial charge in [-0.2, -0.15) is 0 Å². The Morgan fingerprint density at radius 1 is 0.339 bits per heavy atom. The molecule has 4 aromatic heterocycles. The van der Waals surface area contributed by atoms with E-state index in [-0.39, 0.29) is 0 Å². The summed E-state index contributed by atoms with van der Waals surface area (Å²) in [5, 5.41) is 3.97. The van der Waals surface area contributed by atoms with Crippen LogP contribution in [0.3, 0.4) is 0 Å². The third-order valence-corrected chi connectivity index (χ3v) is 11.3. The average molecular weight is 796 g/mol. The number of hydrogen-bond donors (Lipinski definition) is 0. The van der Waals surface area contributed by atoms with Gasteiger partial charge in [-0.25, -0.2) is 29.9 Å². The Morgan fingerprint density at radius 2 is 0.774 bits per heavy atom. The summed E-state index contributed by atoms with van der Waals surface area (Å²) in [5.41, 5.74) is 9.74. The minimum atomic E-state index is 0.568. The fraction of sp³-hybridized carbons (Fsp3) is 0. The molecule has 0 aliphatic heterocycles. The predicted molar refractivity (Wildman–Crippen MR) is 247 cm³/mol. The molecule has 0 unspecified atom stereocenters. The fourth-order valence-electron chi connectivity index (χ4n) is 8.42. The van der Waals surface area contributed by atoms with Gasteiger partial charge in [0.15, 0.2) is 40.5 Å². The lowest BCUT2D eigenvalue weighted by Gasteiger charge is -2.12. The molecule has 0 radical (unpaired) electrons. The largest absolute Gasteiger partial charge is 0.454 e. The van der Waals surface area contributed by atoms with E-state index >= 15 is 0 Å². The maximum Gasteiger partial charge on any atom is 0.164 e. The van der Waals surface area contributed by atoms with Crippen LogP contribution in [0, 0.1) is 0 Å². The lowest BCUT2D eigenvalue weighted by Crippen LogP contribution is -2.01. The fourth-order valence-corrected chi connectivity index (χ4v) is 8.42. The van der Waals surface area contributed by atoms with Crippen molar-refractivity contribution in [2.75, 3.05) is 0 Å². The third-order valence-electron chi connectivity index (χ3n) is 11.3. The predicted octanol–water partition coefficient (Wildman–Crippen LogP) is 13.1. The number of rotatable bonds is 7. The second kappa shape index (κ2) is 14.6. The van der Waals surface area contributed by atoms with E-state index in [1.54, 1.807) is 0 Å². The van der Waals surface area contributed by atoms with Crippen molar-refractivity contribution in [2.24, 2.45) is 0 Å². The molecule has 0 spiro atoms. The second-order valence-electron chi connectivity index (χ2n) is 15.1. The zero-order chi connectivity index (χ0) is 41.0. The molecule has 290 valence electrons. The maximum atomic E-state index is 6.87. The van der Waals surface area contributed by atoms with Gasteiger partial charge in [0.1, 0.15) is 5.58 Å². The van der Waals surface area contributed by atoms with Crippen molar-refractivity contribution < 1.29 is 4.42 Å². The SMILES string of the molecule is c1ccc(-c2nc(-c3ccccc3)nc(-c3cccc(-n4c5ccccc5c5c(-c6nc(-c7ccccc7)nc(-c7ccccc7)n6)cc6c7ccccc7oc6c54)c3)n2)cc1. The van der Waals surface area contributed by atoms with Crippen molar-refractivity contribution in [3.8, 4) is 74.0 Å². The molecule has 0 N–H and O–H groups in total. The summed E-state index contributed by atoms with van der Waals surface area (Å²) >= 11 is 0. The quantitative estimate of drug-likeness (QED) is 0.158. The van der Waals surface area contributed by atoms with Gasteiger partial charge in [-0.15, -0.1) is 0 Å². The van der Waals surface area contributed by atoms with Crippen molar-refractivity contribution in [1.82, 2.24) is 34.5 Å². The smallest absolute Gasteiger partial charge is 0.164 e. The molecule has 0 atom stereocenters. The molecular weight excluding hydrogens is 763 g/mol. The average Bonchev–Trinajstić information content (AvgIpc) is 3.91. The lowest BCUT2D eigenvalue weighted by atomic mass is 10.0. The Hall–Kier alpha value is -8.62. The van der Waals surface area contributed by atoms with Gasteiger partial charge in [-0.1, -0.05) is 170 Å². The molecule has 12 aromatic rings. The van der Waals surface area contributed by atoms with Gasteiger partial charge in [-0.05, 0) is 30.3 Å². The maximum absolute atomic E-state index is 6.87. The van der Waals surface area contributed by atoms with Gasteiger partial charge in [-0.3, -0.25) is 0 Å². The van der Waals surface area contributed by atoms with Crippen LogP contribution < -0.4 is 0 Å². The van der Waals surface area contributed by atoms with E-state index in [9.17, 15) is 0 Å². The van der Waals surface area contributed by atoms with Crippen molar-refractivity contribution in [3.05, 3.63) is 200 Å². The van der Waals surface area contributed by atoms with E-state index < -0.39 is 0 Å². The molecule has 8 aromatic carbocycles. The second-order valence-corrected chi connectivity index (χ2v) is 15.1. The molecule has 0 aliphatic rings. The first-order chi connectivity index (χ1) is 30.7. The van der Waals surface area contributed by atoms with Crippen LogP contribution in [0.1, 0.15) is 0 Å². The van der Waals surface area contributed by atoms with E-state index in [0.717, 1.165) is 82.8 Å². The van der Waals surface area contributed by atoms with Crippen molar-refractivity contribution >= 4 is 43.7 Å². The summed E-state index contributed by atoms with van der Waals surface area (Å²) in [5.74, 6) is 3.54. The Balaban J connectivity index is 1.14. The number of furan rings is 1. The van der Waals surface area contributed by atoms with Crippen LogP contribution in [0.4, 0.5) is 0 Å². The highest BCUT2D eigenvalue weighted by molar-refractivity contribution is 6.26. The van der Waals surface area contributed by atoms with Crippen LogP contribution in [0.2, 0.25) is 0 Å². The number of nitrogens with zero attached hydrogens (tertiary/aromatic N) is 7. The van der Waals surface area contributed by atoms with Gasteiger partial charge in [0, 0.05) is 60.6 Å². The van der Waals surface area contributed by atoms with E-state index in [4.69, 9.17) is 34.3 Å². The first-order valence-electron chi connectivity index (χ1n) is 20.5. The van der Waals surface area contributed by atoms with Crippen LogP contribution in [-0.2, 0) is 0 Å². The van der Waals surface area contributed by atoms with Gasteiger partial charge in [0.05, 0.1) is 11.0 Å². The molecule has 0 amide bonds. The summed E-state index contributed by atoms with van der Waals surface area (Å²) < 4.78 is 9.16. The lowest BCUT2D eigenvalue weighted by molar-refractivity contribution is 0.671. The molecule has 0 aliphatic carbocycles. The third kappa shape index (κ3) is 6.00. The van der Waals surface area contributed by atoms with Crippen LogP contribution >= 0.6 is 0 Å². The topological polar surface area (TPSA) is 95.4 Å². The minimum Gasteiger partial charge on any atom is -0.454 e. The molecular formula is C54H33N7O. The Labute approximate surface area is 355 Å². The van der Waals surface area contributed by atoms with Crippen LogP contribution in [0.5, 0.6) is 0 Å². The summed E-state index contributed by atoms with van der Waals surface area (Å²) in [4.78, 5) is 30.6. The molecule has 8 nitrogen and oxygen atoms in total. The summed E-state index contributed by atoms with van der Waals surface area (Å²) in [6.07, 6.45) is 0. The van der Waals surface area contributed by atoms with Crippen molar-refractivity contribution in [1.29, 1.82) is 0 Å². The van der Waals surface area contributed by atoms with E-state index in [1.165, 1.54) is 0 Å². The molecule has 0 fully saturated rings. The highest BCUT2D eigenvalue weighted by Crippen LogP contribution is 2.45. The van der Waals surface area contributed by atoms with Gasteiger partial charge < -0.3 is 8.98 Å². The minimum absolute atomic E-state index is 0.568. The van der Waals surface area contributed by atoms with Gasteiger partial charge in [0.25, 0.3) is 0 Å². The zero-order valence-electron chi connectivity index (χ0n) is 33.1. The normalized spacial score (nSPS) is 11.5. The molecule has 0 saturated carbocycles. The monoisotopic (exact) mass is 795 g/mol. The molecule has 0 bridgehead atoms.